The molecule has 0 aliphatic rings. The molecule has 2 rings (SSSR count). The van der Waals surface area contributed by atoms with Crippen molar-refractivity contribution in [1.82, 2.24) is 10.3 Å². The van der Waals surface area contributed by atoms with Crippen LogP contribution in [-0.4, -0.2) is 10.9 Å². The molecule has 1 amide bonds. The fourth-order valence-corrected chi connectivity index (χ4v) is 2.00. The number of carbonyl (C=O) groups excluding carboxylic acids is 1. The van der Waals surface area contributed by atoms with Gasteiger partial charge < -0.3 is 5.32 Å². The first kappa shape index (κ1) is 14.8. The van der Waals surface area contributed by atoms with Gasteiger partial charge in [0.1, 0.15) is 0 Å². The van der Waals surface area contributed by atoms with Gasteiger partial charge in [0.25, 0.3) is 5.91 Å². The molecule has 0 saturated carbocycles. The van der Waals surface area contributed by atoms with Crippen molar-refractivity contribution in [2.75, 3.05) is 0 Å². The van der Waals surface area contributed by atoms with Crippen LogP contribution in [0.25, 0.3) is 0 Å². The maximum Gasteiger partial charge on any atom is 0.251 e. The summed E-state index contributed by atoms with van der Waals surface area (Å²) < 4.78 is 13.0. The van der Waals surface area contributed by atoms with Crippen LogP contribution in [0, 0.1) is 5.95 Å². The summed E-state index contributed by atoms with van der Waals surface area (Å²) in [5, 5.41) is 3.62. The summed E-state index contributed by atoms with van der Waals surface area (Å²) in [7, 11) is 0. The van der Waals surface area contributed by atoms with Gasteiger partial charge in [0, 0.05) is 17.8 Å². The van der Waals surface area contributed by atoms with Gasteiger partial charge in [0.05, 0.1) is 16.1 Å². The summed E-state index contributed by atoms with van der Waals surface area (Å²) in [6.07, 6.45) is 1.24. The largest absolute Gasteiger partial charge is 0.346 e. The maximum absolute atomic E-state index is 13.0. The second-order valence-electron chi connectivity index (χ2n) is 4.24. The molecule has 1 aromatic heterocycles. The highest BCUT2D eigenvalue weighted by molar-refractivity contribution is 6.42. The Kier molecular flexibility index (Phi) is 4.57. The van der Waals surface area contributed by atoms with Gasteiger partial charge in [-0.1, -0.05) is 29.3 Å². The van der Waals surface area contributed by atoms with Crippen LogP contribution in [-0.2, 0) is 0 Å². The Bertz CT molecular complexity index is 649. The van der Waals surface area contributed by atoms with Crippen LogP contribution >= 0.6 is 23.2 Å². The third-order valence-electron chi connectivity index (χ3n) is 2.78. The molecule has 1 heterocycles. The van der Waals surface area contributed by atoms with E-state index in [1.165, 1.54) is 12.3 Å². The molecule has 104 valence electrons. The number of nitrogens with one attached hydrogen (secondary N) is 1. The van der Waals surface area contributed by atoms with Gasteiger partial charge >= 0.3 is 0 Å². The van der Waals surface area contributed by atoms with E-state index in [2.05, 4.69) is 10.3 Å². The van der Waals surface area contributed by atoms with Crippen LogP contribution in [0.1, 0.15) is 28.9 Å². The predicted octanol–water partition coefficient (Wildman–Crippen LogP) is 4.02. The van der Waals surface area contributed by atoms with Crippen molar-refractivity contribution >= 4 is 29.1 Å². The molecule has 0 aliphatic carbocycles. The summed E-state index contributed by atoms with van der Waals surface area (Å²) in [5.41, 5.74) is 1.02. The lowest BCUT2D eigenvalue weighted by Gasteiger charge is -2.15. The Labute approximate surface area is 125 Å². The summed E-state index contributed by atoms with van der Waals surface area (Å²) in [6.45, 7) is 1.80. The molecule has 0 bridgehead atoms. The molecule has 1 aromatic carbocycles. The van der Waals surface area contributed by atoms with Gasteiger partial charge in [-0.15, -0.1) is 0 Å². The number of hydrogen-bond donors (Lipinski definition) is 1. The number of amides is 1. The van der Waals surface area contributed by atoms with Gasteiger partial charge in [-0.25, -0.2) is 4.98 Å². The highest BCUT2D eigenvalue weighted by Gasteiger charge is 2.13. The number of hydrogen-bond acceptors (Lipinski definition) is 2. The van der Waals surface area contributed by atoms with Crippen LogP contribution in [0.4, 0.5) is 4.39 Å². The molecule has 0 fully saturated rings. The molecule has 1 unspecified atom stereocenters. The van der Waals surface area contributed by atoms with Gasteiger partial charge in [-0.2, -0.15) is 4.39 Å². The van der Waals surface area contributed by atoms with Crippen molar-refractivity contribution in [2.24, 2.45) is 0 Å². The standard InChI is InChI=1S/C14H11Cl2FN2O/c1-8(9-2-3-11(15)12(16)6-9)19-14(20)10-4-5-18-13(17)7-10/h2-8H,1H3,(H,19,20). The molecule has 3 nitrogen and oxygen atoms in total. The first-order valence-corrected chi connectivity index (χ1v) is 6.60. The SMILES string of the molecule is CC(NC(=O)c1ccnc(F)c1)c1ccc(Cl)c(Cl)c1. The molecule has 1 atom stereocenters. The summed E-state index contributed by atoms with van der Waals surface area (Å²) in [5.74, 6) is -1.08. The zero-order valence-electron chi connectivity index (χ0n) is 10.5. The van der Waals surface area contributed by atoms with E-state index in [0.29, 0.717) is 10.0 Å². The van der Waals surface area contributed by atoms with Crippen molar-refractivity contribution in [3.8, 4) is 0 Å². The Hall–Kier alpha value is -1.65. The fraction of sp³-hybridized carbons (Fsp3) is 0.143. The highest BCUT2D eigenvalue weighted by Crippen LogP contribution is 2.25. The van der Waals surface area contributed by atoms with Crippen molar-refractivity contribution < 1.29 is 9.18 Å². The van der Waals surface area contributed by atoms with Crippen molar-refractivity contribution in [3.05, 3.63) is 63.6 Å². The molecule has 0 saturated heterocycles. The molecule has 0 aliphatic heterocycles. The molecule has 0 spiro atoms. The van der Waals surface area contributed by atoms with Crippen LogP contribution < -0.4 is 5.32 Å². The maximum atomic E-state index is 13.0. The van der Waals surface area contributed by atoms with E-state index in [1.807, 2.05) is 0 Å². The number of carbonyl (C=O) groups is 1. The van der Waals surface area contributed by atoms with Crippen molar-refractivity contribution in [2.45, 2.75) is 13.0 Å². The smallest absolute Gasteiger partial charge is 0.251 e. The van der Waals surface area contributed by atoms with E-state index in [1.54, 1.807) is 25.1 Å². The quantitative estimate of drug-likeness (QED) is 0.870. The van der Waals surface area contributed by atoms with Crippen LogP contribution in [0.5, 0.6) is 0 Å². The van der Waals surface area contributed by atoms with Gasteiger partial charge in [-0.05, 0) is 30.7 Å². The van der Waals surface area contributed by atoms with E-state index in [4.69, 9.17) is 23.2 Å². The monoisotopic (exact) mass is 312 g/mol. The molecular formula is C14H11Cl2FN2O. The minimum atomic E-state index is -0.695. The zero-order chi connectivity index (χ0) is 14.7. The van der Waals surface area contributed by atoms with Gasteiger partial charge in [0.15, 0.2) is 0 Å². The van der Waals surface area contributed by atoms with Crippen molar-refractivity contribution in [1.29, 1.82) is 0 Å². The normalized spacial score (nSPS) is 12.0. The van der Waals surface area contributed by atoms with Gasteiger partial charge in [0.2, 0.25) is 5.95 Å². The van der Waals surface area contributed by atoms with Crippen molar-refractivity contribution in [3.63, 3.8) is 0 Å². The fourth-order valence-electron chi connectivity index (χ4n) is 1.69. The summed E-state index contributed by atoms with van der Waals surface area (Å²) in [6, 6.07) is 7.35. The summed E-state index contributed by atoms with van der Waals surface area (Å²) >= 11 is 11.8. The lowest BCUT2D eigenvalue weighted by molar-refractivity contribution is 0.0939. The molecule has 2 aromatic rings. The lowest BCUT2D eigenvalue weighted by atomic mass is 10.1. The number of pyridine rings is 1. The number of aromatic nitrogens is 1. The number of benzene rings is 1. The minimum absolute atomic E-state index is 0.212. The first-order valence-electron chi connectivity index (χ1n) is 5.84. The third-order valence-corrected chi connectivity index (χ3v) is 3.52. The Morgan fingerprint density at radius 1 is 1.25 bits per heavy atom. The minimum Gasteiger partial charge on any atom is -0.346 e. The Morgan fingerprint density at radius 2 is 2.00 bits per heavy atom. The predicted molar refractivity (Wildman–Crippen MR) is 76.5 cm³/mol. The van der Waals surface area contributed by atoms with E-state index < -0.39 is 5.95 Å². The third kappa shape index (κ3) is 3.46. The van der Waals surface area contributed by atoms with E-state index in [-0.39, 0.29) is 17.5 Å². The molecule has 20 heavy (non-hydrogen) atoms. The Morgan fingerprint density at radius 3 is 2.65 bits per heavy atom. The first-order chi connectivity index (χ1) is 9.47. The van der Waals surface area contributed by atoms with E-state index >= 15 is 0 Å². The number of nitrogens with zero attached hydrogens (tertiary/aromatic N) is 1. The molecule has 1 N–H and O–H groups in total. The van der Waals surface area contributed by atoms with Crippen LogP contribution in [0.2, 0.25) is 10.0 Å². The lowest BCUT2D eigenvalue weighted by Crippen LogP contribution is -2.26. The second kappa shape index (κ2) is 6.20. The van der Waals surface area contributed by atoms with Crippen LogP contribution in [0.15, 0.2) is 36.5 Å². The Balaban J connectivity index is 2.13. The second-order valence-corrected chi connectivity index (χ2v) is 5.05. The molecule has 0 radical (unpaired) electrons. The molecular weight excluding hydrogens is 302 g/mol. The topological polar surface area (TPSA) is 42.0 Å². The van der Waals surface area contributed by atoms with E-state index in [0.717, 1.165) is 11.6 Å². The van der Waals surface area contributed by atoms with E-state index in [9.17, 15) is 9.18 Å². The summed E-state index contributed by atoms with van der Waals surface area (Å²) in [4.78, 5) is 15.4. The average Bonchev–Trinajstić information content (AvgIpc) is 2.41. The zero-order valence-corrected chi connectivity index (χ0v) is 12.0. The number of halogens is 3. The number of rotatable bonds is 3. The van der Waals surface area contributed by atoms with Gasteiger partial charge in [-0.3, -0.25) is 4.79 Å². The average molecular weight is 313 g/mol. The van der Waals surface area contributed by atoms with Crippen LogP contribution in [0.3, 0.4) is 0 Å². The highest BCUT2D eigenvalue weighted by atomic mass is 35.5. The molecule has 6 heteroatoms.